The third kappa shape index (κ3) is 3.75. The van der Waals surface area contributed by atoms with Crippen molar-refractivity contribution in [3.8, 4) is 0 Å². The maximum atomic E-state index is 12.0. The highest BCUT2D eigenvalue weighted by Crippen LogP contribution is 2.23. The number of rotatable bonds is 5. The number of pyridine rings is 1. The van der Waals surface area contributed by atoms with Gasteiger partial charge in [-0.3, -0.25) is 4.79 Å². The van der Waals surface area contributed by atoms with Crippen LogP contribution in [-0.4, -0.2) is 26.9 Å². The third-order valence-electron chi connectivity index (χ3n) is 3.22. The standard InChI is InChI=1S/C15H17N5O/c1-10-16-7-6-13(19-10)9-18-15(21)11-2-5-14(17-8-11)20-12-3-4-12/h2,5-8,12H,3-4,9H2,1H3,(H,17,20)(H,18,21). The second-order valence-electron chi connectivity index (χ2n) is 5.13. The molecular weight excluding hydrogens is 266 g/mol. The summed E-state index contributed by atoms with van der Waals surface area (Å²) < 4.78 is 0. The molecule has 3 rings (SSSR count). The number of nitrogens with one attached hydrogen (secondary N) is 2. The number of carbonyl (C=O) groups excluding carboxylic acids is 1. The van der Waals surface area contributed by atoms with E-state index < -0.39 is 0 Å². The van der Waals surface area contributed by atoms with Gasteiger partial charge in [-0.15, -0.1) is 0 Å². The van der Waals surface area contributed by atoms with Gasteiger partial charge in [-0.2, -0.15) is 0 Å². The first kappa shape index (κ1) is 13.5. The van der Waals surface area contributed by atoms with Crippen molar-refractivity contribution >= 4 is 11.7 Å². The van der Waals surface area contributed by atoms with Gasteiger partial charge in [-0.25, -0.2) is 15.0 Å². The quantitative estimate of drug-likeness (QED) is 0.872. The molecule has 0 spiro atoms. The summed E-state index contributed by atoms with van der Waals surface area (Å²) >= 11 is 0. The van der Waals surface area contributed by atoms with Gasteiger partial charge < -0.3 is 10.6 Å². The van der Waals surface area contributed by atoms with Crippen LogP contribution in [0.25, 0.3) is 0 Å². The van der Waals surface area contributed by atoms with Gasteiger partial charge in [-0.1, -0.05) is 0 Å². The predicted octanol–water partition coefficient (Wildman–Crippen LogP) is 1.68. The summed E-state index contributed by atoms with van der Waals surface area (Å²) in [6.07, 6.45) is 5.67. The molecule has 1 saturated carbocycles. The Balaban J connectivity index is 1.57. The summed E-state index contributed by atoms with van der Waals surface area (Å²) in [5, 5.41) is 6.11. The van der Waals surface area contributed by atoms with E-state index in [1.807, 2.05) is 13.0 Å². The van der Waals surface area contributed by atoms with Crippen molar-refractivity contribution in [2.45, 2.75) is 32.4 Å². The van der Waals surface area contributed by atoms with Gasteiger partial charge in [-0.05, 0) is 38.0 Å². The van der Waals surface area contributed by atoms with Crippen LogP contribution in [0.1, 0.15) is 34.7 Å². The van der Waals surface area contributed by atoms with Crippen molar-refractivity contribution in [2.24, 2.45) is 0 Å². The summed E-state index contributed by atoms with van der Waals surface area (Å²) in [4.78, 5) is 24.5. The van der Waals surface area contributed by atoms with Crippen molar-refractivity contribution < 1.29 is 4.79 Å². The minimum Gasteiger partial charge on any atom is -0.367 e. The van der Waals surface area contributed by atoms with Gasteiger partial charge >= 0.3 is 0 Å². The molecule has 0 radical (unpaired) electrons. The lowest BCUT2D eigenvalue weighted by Gasteiger charge is -2.06. The number of carbonyl (C=O) groups is 1. The van der Waals surface area contributed by atoms with E-state index in [1.54, 1.807) is 24.5 Å². The Morgan fingerprint density at radius 3 is 2.81 bits per heavy atom. The van der Waals surface area contributed by atoms with Gasteiger partial charge in [0.15, 0.2) is 0 Å². The highest BCUT2D eigenvalue weighted by molar-refractivity contribution is 5.93. The number of hydrogen-bond donors (Lipinski definition) is 2. The van der Waals surface area contributed by atoms with Gasteiger partial charge in [0.05, 0.1) is 17.8 Å². The molecule has 21 heavy (non-hydrogen) atoms. The fourth-order valence-electron chi connectivity index (χ4n) is 1.93. The SMILES string of the molecule is Cc1nccc(CNC(=O)c2ccc(NC3CC3)nc2)n1. The Morgan fingerprint density at radius 2 is 2.14 bits per heavy atom. The van der Waals surface area contributed by atoms with Gasteiger partial charge in [0.2, 0.25) is 0 Å². The first-order chi connectivity index (χ1) is 10.2. The minimum atomic E-state index is -0.156. The van der Waals surface area contributed by atoms with E-state index in [4.69, 9.17) is 0 Å². The topological polar surface area (TPSA) is 79.8 Å². The van der Waals surface area contributed by atoms with E-state index in [-0.39, 0.29) is 5.91 Å². The zero-order chi connectivity index (χ0) is 14.7. The zero-order valence-corrected chi connectivity index (χ0v) is 11.8. The average Bonchev–Trinajstić information content (AvgIpc) is 3.30. The van der Waals surface area contributed by atoms with Crippen molar-refractivity contribution in [1.29, 1.82) is 0 Å². The molecule has 0 saturated heterocycles. The number of aryl methyl sites for hydroxylation is 1. The van der Waals surface area contributed by atoms with E-state index in [0.717, 1.165) is 11.5 Å². The van der Waals surface area contributed by atoms with Gasteiger partial charge in [0, 0.05) is 18.4 Å². The second-order valence-corrected chi connectivity index (χ2v) is 5.13. The third-order valence-corrected chi connectivity index (χ3v) is 3.22. The van der Waals surface area contributed by atoms with Crippen molar-refractivity contribution in [3.05, 3.63) is 47.7 Å². The van der Waals surface area contributed by atoms with Crippen LogP contribution >= 0.6 is 0 Å². The molecule has 0 aliphatic heterocycles. The van der Waals surface area contributed by atoms with Crippen LogP contribution in [0, 0.1) is 6.92 Å². The van der Waals surface area contributed by atoms with Crippen LogP contribution in [0.5, 0.6) is 0 Å². The fourth-order valence-corrected chi connectivity index (χ4v) is 1.93. The lowest BCUT2D eigenvalue weighted by atomic mass is 10.2. The number of hydrogen-bond acceptors (Lipinski definition) is 5. The van der Waals surface area contributed by atoms with Gasteiger partial charge in [0.25, 0.3) is 5.91 Å². The normalized spacial score (nSPS) is 13.8. The summed E-state index contributed by atoms with van der Waals surface area (Å²) in [6, 6.07) is 5.95. The molecule has 0 atom stereocenters. The molecule has 2 aromatic heterocycles. The minimum absolute atomic E-state index is 0.156. The predicted molar refractivity (Wildman–Crippen MR) is 78.8 cm³/mol. The Kier molecular flexibility index (Phi) is 3.77. The Morgan fingerprint density at radius 1 is 1.29 bits per heavy atom. The maximum Gasteiger partial charge on any atom is 0.253 e. The molecule has 1 amide bonds. The lowest BCUT2D eigenvalue weighted by molar-refractivity contribution is 0.0950. The molecule has 1 fully saturated rings. The fraction of sp³-hybridized carbons (Fsp3) is 0.333. The van der Waals surface area contributed by atoms with Crippen LogP contribution in [0.3, 0.4) is 0 Å². The summed E-state index contributed by atoms with van der Waals surface area (Å²) in [6.45, 7) is 2.20. The second kappa shape index (κ2) is 5.87. The van der Waals surface area contributed by atoms with Crippen LogP contribution < -0.4 is 10.6 Å². The number of anilines is 1. The van der Waals surface area contributed by atoms with E-state index in [9.17, 15) is 4.79 Å². The molecule has 0 aromatic carbocycles. The molecule has 0 unspecified atom stereocenters. The van der Waals surface area contributed by atoms with E-state index >= 15 is 0 Å². The molecule has 108 valence electrons. The molecule has 6 nitrogen and oxygen atoms in total. The first-order valence-corrected chi connectivity index (χ1v) is 7.00. The molecule has 0 bridgehead atoms. The number of nitrogens with zero attached hydrogens (tertiary/aromatic N) is 3. The molecule has 2 N–H and O–H groups in total. The number of amides is 1. The van der Waals surface area contributed by atoms with E-state index in [0.29, 0.717) is 24.0 Å². The van der Waals surface area contributed by atoms with Crippen LogP contribution in [0.15, 0.2) is 30.6 Å². The molecule has 6 heteroatoms. The molecule has 1 aliphatic carbocycles. The monoisotopic (exact) mass is 283 g/mol. The zero-order valence-electron chi connectivity index (χ0n) is 11.8. The van der Waals surface area contributed by atoms with Crippen LogP contribution in [-0.2, 0) is 6.54 Å². The summed E-state index contributed by atoms with van der Waals surface area (Å²) in [5.41, 5.74) is 1.33. The summed E-state index contributed by atoms with van der Waals surface area (Å²) in [7, 11) is 0. The van der Waals surface area contributed by atoms with Crippen molar-refractivity contribution in [3.63, 3.8) is 0 Å². The Hall–Kier alpha value is -2.50. The van der Waals surface area contributed by atoms with Crippen LogP contribution in [0.2, 0.25) is 0 Å². The van der Waals surface area contributed by atoms with E-state index in [2.05, 4.69) is 25.6 Å². The Bertz CT molecular complexity index is 637. The van der Waals surface area contributed by atoms with Gasteiger partial charge in [0.1, 0.15) is 11.6 Å². The number of aromatic nitrogens is 3. The lowest BCUT2D eigenvalue weighted by Crippen LogP contribution is -2.23. The van der Waals surface area contributed by atoms with Crippen LogP contribution in [0.4, 0.5) is 5.82 Å². The average molecular weight is 283 g/mol. The highest BCUT2D eigenvalue weighted by Gasteiger charge is 2.21. The first-order valence-electron chi connectivity index (χ1n) is 7.00. The van der Waals surface area contributed by atoms with Crippen molar-refractivity contribution in [2.75, 3.05) is 5.32 Å². The smallest absolute Gasteiger partial charge is 0.253 e. The highest BCUT2D eigenvalue weighted by atomic mass is 16.1. The van der Waals surface area contributed by atoms with E-state index in [1.165, 1.54) is 12.8 Å². The van der Waals surface area contributed by atoms with Crippen molar-refractivity contribution in [1.82, 2.24) is 20.3 Å². The molecule has 2 heterocycles. The molecular formula is C15H17N5O. The Labute approximate surface area is 123 Å². The molecule has 2 aromatic rings. The largest absolute Gasteiger partial charge is 0.367 e. The summed E-state index contributed by atoms with van der Waals surface area (Å²) in [5.74, 6) is 1.36. The maximum absolute atomic E-state index is 12.0. The molecule has 1 aliphatic rings.